The zero-order chi connectivity index (χ0) is 35.2. The molecule has 0 saturated heterocycles. The van der Waals surface area contributed by atoms with Gasteiger partial charge in [0.05, 0.1) is 24.6 Å². The van der Waals surface area contributed by atoms with Crippen LogP contribution in [0.25, 0.3) is 21.1 Å². The van der Waals surface area contributed by atoms with Crippen molar-refractivity contribution in [2.24, 2.45) is 7.05 Å². The van der Waals surface area contributed by atoms with Gasteiger partial charge in [-0.2, -0.15) is 4.31 Å². The summed E-state index contributed by atoms with van der Waals surface area (Å²) in [6.45, 7) is 5.27. The van der Waals surface area contributed by atoms with E-state index in [1.165, 1.54) is 45.7 Å². The van der Waals surface area contributed by atoms with Crippen LogP contribution in [0.2, 0.25) is 5.02 Å². The summed E-state index contributed by atoms with van der Waals surface area (Å²) in [6.07, 6.45) is -3.92. The summed E-state index contributed by atoms with van der Waals surface area (Å²) in [7, 11) is -2.69. The molecule has 0 bridgehead atoms. The van der Waals surface area contributed by atoms with Gasteiger partial charge < -0.3 is 14.2 Å². The molecule has 11 nitrogen and oxygen atoms in total. The van der Waals surface area contributed by atoms with Crippen molar-refractivity contribution in [1.82, 2.24) is 24.3 Å². The Morgan fingerprint density at radius 1 is 1.22 bits per heavy atom. The summed E-state index contributed by atoms with van der Waals surface area (Å²) < 4.78 is 88.0. The van der Waals surface area contributed by atoms with Gasteiger partial charge >= 0.3 is 12.3 Å². The molecule has 0 amide bonds. The summed E-state index contributed by atoms with van der Waals surface area (Å²) in [4.78, 5) is 17.0. The minimum absolute atomic E-state index is 0.0246. The van der Waals surface area contributed by atoms with Crippen LogP contribution in [-0.2, 0) is 33.1 Å². The van der Waals surface area contributed by atoms with Crippen molar-refractivity contribution in [3.8, 4) is 11.6 Å². The third-order valence-corrected chi connectivity index (χ3v) is 11.4. The number of sulfonamides is 1. The highest BCUT2D eigenvalue weighted by Gasteiger charge is 2.37. The van der Waals surface area contributed by atoms with Crippen LogP contribution >= 0.6 is 22.9 Å². The normalized spacial score (nSPS) is 17.0. The Kier molecular flexibility index (Phi) is 9.52. The van der Waals surface area contributed by atoms with E-state index in [-0.39, 0.29) is 52.9 Å². The summed E-state index contributed by atoms with van der Waals surface area (Å²) in [5.41, 5.74) is 2.24. The Bertz CT molecular complexity index is 2170. The number of carbonyl (C=O) groups is 1. The maximum absolute atomic E-state index is 14.1. The van der Waals surface area contributed by atoms with Crippen LogP contribution in [0.15, 0.2) is 46.8 Å². The van der Waals surface area contributed by atoms with Crippen molar-refractivity contribution in [3.63, 3.8) is 0 Å². The van der Waals surface area contributed by atoms with E-state index in [1.807, 2.05) is 24.4 Å². The first-order valence-electron chi connectivity index (χ1n) is 15.3. The minimum atomic E-state index is -5.01. The van der Waals surface area contributed by atoms with Crippen molar-refractivity contribution >= 4 is 60.0 Å². The quantitative estimate of drug-likeness (QED) is 0.149. The number of esters is 1. The van der Waals surface area contributed by atoms with Gasteiger partial charge in [-0.05, 0) is 77.6 Å². The van der Waals surface area contributed by atoms with Gasteiger partial charge in [-0.15, -0.1) is 29.6 Å². The Morgan fingerprint density at radius 2 is 2.00 bits per heavy atom. The molecule has 4 heterocycles. The van der Waals surface area contributed by atoms with Crippen molar-refractivity contribution in [1.29, 1.82) is 0 Å². The topological polar surface area (TPSA) is 126 Å². The molecule has 260 valence electrons. The number of aryl methyl sites for hydroxylation is 2. The summed E-state index contributed by atoms with van der Waals surface area (Å²) in [6, 6.07) is 8.05. The average molecular weight is 738 g/mol. The lowest BCUT2D eigenvalue weighted by molar-refractivity contribution is -0.274. The molecule has 0 spiro atoms. The molecule has 2 aromatic carbocycles. The third kappa shape index (κ3) is 6.91. The van der Waals surface area contributed by atoms with E-state index >= 15 is 0 Å². The number of thiophene rings is 1. The molecule has 3 aromatic heterocycles. The molecule has 0 fully saturated rings. The van der Waals surface area contributed by atoms with Crippen LogP contribution in [0.5, 0.6) is 11.6 Å². The van der Waals surface area contributed by atoms with Crippen molar-refractivity contribution in [3.05, 3.63) is 69.2 Å². The van der Waals surface area contributed by atoms with Gasteiger partial charge in [0, 0.05) is 30.4 Å². The van der Waals surface area contributed by atoms with Gasteiger partial charge in [0.15, 0.2) is 5.75 Å². The van der Waals surface area contributed by atoms with Crippen LogP contribution in [0.3, 0.4) is 0 Å². The second-order valence-electron chi connectivity index (χ2n) is 11.5. The van der Waals surface area contributed by atoms with E-state index in [0.717, 1.165) is 10.1 Å². The second-order valence-corrected chi connectivity index (χ2v) is 14.8. The molecule has 1 aliphatic rings. The SMILES string of the molecule is CCOC(=O)C[C@H](c1cc(CN2C[C@@H](CC)Oc3ncc(Cl)cc3S2(=O)=O)c2sccc2c1)c1cc(OC(F)(F)F)c2c(nnn2C)c1C. The molecule has 0 unspecified atom stereocenters. The lowest BCUT2D eigenvalue weighted by Gasteiger charge is -2.25. The number of nitrogens with zero attached hydrogens (tertiary/aromatic N) is 5. The van der Waals surface area contributed by atoms with E-state index in [2.05, 4.69) is 20.0 Å². The standard InChI is InChI=1S/C32H31ClF3N5O6S2/c1-5-22-16-41(49(43,44)26-11-21(33)14-37-31(26)46-22)15-20-10-19(9-18-7-8-48-30(18)20)24(13-27(42)45-6-2)23-12-25(47-32(34,35)36)29-28(17(23)3)38-39-40(29)4/h7-12,14,22,24H,5-6,13,15-16H2,1-4H3/t22-,24-/m1/s1. The van der Waals surface area contributed by atoms with Crippen LogP contribution in [0.4, 0.5) is 13.2 Å². The largest absolute Gasteiger partial charge is 0.573 e. The van der Waals surface area contributed by atoms with Crippen LogP contribution in [0.1, 0.15) is 54.9 Å². The van der Waals surface area contributed by atoms with E-state index in [9.17, 15) is 26.4 Å². The van der Waals surface area contributed by atoms with E-state index in [4.69, 9.17) is 21.1 Å². The predicted octanol–water partition coefficient (Wildman–Crippen LogP) is 6.89. The maximum Gasteiger partial charge on any atom is 0.573 e. The Labute approximate surface area is 288 Å². The Balaban J connectivity index is 1.51. The van der Waals surface area contributed by atoms with Gasteiger partial charge in [-0.25, -0.2) is 18.1 Å². The number of fused-ring (bicyclic) bond motifs is 3. The minimum Gasteiger partial charge on any atom is -0.472 e. The average Bonchev–Trinajstić information content (AvgIpc) is 3.65. The van der Waals surface area contributed by atoms with Crippen LogP contribution < -0.4 is 9.47 Å². The fraction of sp³-hybridized carbons (Fsp3) is 0.375. The molecule has 0 N–H and O–H groups in total. The molecule has 0 saturated carbocycles. The number of hydrogen-bond acceptors (Lipinski definition) is 10. The molecule has 49 heavy (non-hydrogen) atoms. The number of carbonyl (C=O) groups excluding carboxylic acids is 1. The molecule has 5 aromatic rings. The van der Waals surface area contributed by atoms with E-state index in [1.54, 1.807) is 19.9 Å². The lowest BCUT2D eigenvalue weighted by atomic mass is 9.84. The zero-order valence-electron chi connectivity index (χ0n) is 26.7. The zero-order valence-corrected chi connectivity index (χ0v) is 29.1. The Hall–Kier alpha value is -3.99. The summed E-state index contributed by atoms with van der Waals surface area (Å²) in [5, 5.41) is 10.8. The fourth-order valence-electron chi connectivity index (χ4n) is 6.09. The summed E-state index contributed by atoms with van der Waals surface area (Å²) in [5.74, 6) is -1.96. The first kappa shape index (κ1) is 34.9. The van der Waals surface area contributed by atoms with E-state index in [0.29, 0.717) is 28.7 Å². The number of alkyl halides is 3. The molecule has 17 heteroatoms. The first-order valence-corrected chi connectivity index (χ1v) is 18.0. The Morgan fingerprint density at radius 3 is 2.71 bits per heavy atom. The van der Waals surface area contributed by atoms with Gasteiger partial charge in [-0.3, -0.25) is 4.79 Å². The first-order chi connectivity index (χ1) is 23.2. The number of halogens is 4. The number of hydrogen-bond donors (Lipinski definition) is 0. The summed E-state index contributed by atoms with van der Waals surface area (Å²) >= 11 is 7.57. The fourth-order valence-corrected chi connectivity index (χ4v) is 8.75. The molecule has 2 atom stereocenters. The lowest BCUT2D eigenvalue weighted by Crippen LogP contribution is -2.36. The smallest absolute Gasteiger partial charge is 0.472 e. The molecule has 0 aliphatic carbocycles. The molecule has 6 rings (SSSR count). The van der Waals surface area contributed by atoms with Crippen LogP contribution in [-0.4, -0.2) is 64.3 Å². The van der Waals surface area contributed by atoms with Gasteiger partial charge in [0.25, 0.3) is 0 Å². The van der Waals surface area contributed by atoms with Crippen molar-refractivity contribution < 1.29 is 40.6 Å². The predicted molar refractivity (Wildman–Crippen MR) is 176 cm³/mol. The monoisotopic (exact) mass is 737 g/mol. The van der Waals surface area contributed by atoms with Gasteiger partial charge in [0.1, 0.15) is 22.0 Å². The van der Waals surface area contributed by atoms with E-state index < -0.39 is 40.1 Å². The number of benzene rings is 2. The number of aromatic nitrogens is 4. The molecule has 0 radical (unpaired) electrons. The van der Waals surface area contributed by atoms with Gasteiger partial charge in [-0.1, -0.05) is 29.8 Å². The third-order valence-electron chi connectivity index (χ3n) is 8.36. The molecular weight excluding hydrogens is 707 g/mol. The number of rotatable bonds is 9. The van der Waals surface area contributed by atoms with Gasteiger partial charge in [0.2, 0.25) is 15.9 Å². The van der Waals surface area contributed by atoms with Crippen molar-refractivity contribution in [2.75, 3.05) is 13.2 Å². The molecule has 1 aliphatic heterocycles. The molecular formula is C32H31ClF3N5O6S2. The second kappa shape index (κ2) is 13.4. The van der Waals surface area contributed by atoms with Crippen molar-refractivity contribution in [2.45, 2.75) is 63.4 Å². The highest BCUT2D eigenvalue weighted by Crippen LogP contribution is 2.42. The maximum atomic E-state index is 14.1. The number of ether oxygens (including phenoxy) is 3. The van der Waals surface area contributed by atoms with Crippen LogP contribution in [0, 0.1) is 6.92 Å². The highest BCUT2D eigenvalue weighted by molar-refractivity contribution is 7.89. The number of pyridine rings is 1. The highest BCUT2D eigenvalue weighted by atomic mass is 35.5.